The van der Waals surface area contributed by atoms with Crippen LogP contribution in [0.25, 0.3) is 0 Å². The van der Waals surface area contributed by atoms with E-state index in [0.29, 0.717) is 12.8 Å². The summed E-state index contributed by atoms with van der Waals surface area (Å²) in [7, 11) is -4.99. The third-order valence-corrected chi connectivity index (χ3v) is 4.72. The average molecular weight is 334 g/mol. The van der Waals surface area contributed by atoms with Gasteiger partial charge in [0.15, 0.2) is 5.25 Å². The van der Waals surface area contributed by atoms with Gasteiger partial charge in [-0.25, -0.2) is 0 Å². The van der Waals surface area contributed by atoms with E-state index in [9.17, 15) is 23.1 Å². The topological polar surface area (TPSA) is 129 Å². The molecule has 0 aliphatic carbocycles. The van der Waals surface area contributed by atoms with E-state index in [2.05, 4.69) is 0 Å². The first kappa shape index (κ1) is 23.1. The summed E-state index contributed by atoms with van der Waals surface area (Å²) in [6, 6.07) is 0. The van der Waals surface area contributed by atoms with Crippen molar-refractivity contribution in [2.75, 3.05) is 0 Å². The van der Waals surface area contributed by atoms with Crippen molar-refractivity contribution in [3.05, 3.63) is 0 Å². The van der Waals surface area contributed by atoms with Crippen LogP contribution in [0.15, 0.2) is 0 Å². The summed E-state index contributed by atoms with van der Waals surface area (Å²) >= 11 is 0. The SMILES string of the molecule is CCCC(C)C(CC)C(C(=O)O)C(C(=O)O)S(=O)(=O)O.[NaH]. The maximum absolute atomic E-state index is 11.4. The quantitative estimate of drug-likeness (QED) is 0.421. The minimum absolute atomic E-state index is 0. The van der Waals surface area contributed by atoms with Crippen LogP contribution in [-0.4, -0.2) is 69.9 Å². The van der Waals surface area contributed by atoms with Gasteiger partial charge in [0.05, 0.1) is 5.92 Å². The van der Waals surface area contributed by atoms with Gasteiger partial charge in [-0.3, -0.25) is 14.1 Å². The van der Waals surface area contributed by atoms with Crippen molar-refractivity contribution in [2.45, 2.75) is 45.3 Å². The van der Waals surface area contributed by atoms with Gasteiger partial charge < -0.3 is 10.2 Å². The molecule has 0 rings (SSSR count). The van der Waals surface area contributed by atoms with Crippen molar-refractivity contribution in [2.24, 2.45) is 17.8 Å². The zero-order valence-electron chi connectivity index (χ0n) is 11.8. The molecule has 0 saturated carbocycles. The van der Waals surface area contributed by atoms with Gasteiger partial charge in [0.2, 0.25) is 0 Å². The molecule has 0 heterocycles. The molecule has 0 aliphatic heterocycles. The van der Waals surface area contributed by atoms with Crippen molar-refractivity contribution in [3.63, 3.8) is 0 Å². The minimum atomic E-state index is -4.99. The molecule has 0 spiro atoms. The number of aliphatic carboxylic acids is 2. The Morgan fingerprint density at radius 3 is 1.81 bits per heavy atom. The average Bonchev–Trinajstić information content (AvgIpc) is 2.26. The van der Waals surface area contributed by atoms with Crippen molar-refractivity contribution >= 4 is 51.6 Å². The van der Waals surface area contributed by atoms with Crippen LogP contribution >= 0.6 is 0 Å². The molecular formula is C12H23NaO7S. The standard InChI is InChI=1S/C12H22O7S.Na.H/c1-4-6-7(3)8(5-2)9(11(13)14)10(12(15)16)20(17,18)19;;/h7-10H,4-6H2,1-3H3,(H,13,14)(H,15,16)(H,17,18,19);;. The van der Waals surface area contributed by atoms with Gasteiger partial charge in [-0.1, -0.05) is 40.0 Å². The van der Waals surface area contributed by atoms with Gasteiger partial charge in [0, 0.05) is 0 Å². The zero-order chi connectivity index (χ0) is 16.1. The van der Waals surface area contributed by atoms with Gasteiger partial charge in [0.25, 0.3) is 10.1 Å². The van der Waals surface area contributed by atoms with Gasteiger partial charge in [-0.2, -0.15) is 8.42 Å². The summed E-state index contributed by atoms with van der Waals surface area (Å²) in [5, 5.41) is 15.9. The fraction of sp³-hybridized carbons (Fsp3) is 0.833. The van der Waals surface area contributed by atoms with Crippen molar-refractivity contribution in [3.8, 4) is 0 Å². The molecule has 4 atom stereocenters. The Bertz CT molecular complexity index is 449. The monoisotopic (exact) mass is 334 g/mol. The van der Waals surface area contributed by atoms with E-state index in [1.54, 1.807) is 13.8 Å². The first-order chi connectivity index (χ1) is 9.07. The number of hydrogen-bond acceptors (Lipinski definition) is 4. The normalized spacial score (nSPS) is 17.1. The Hall–Kier alpha value is -0.150. The fourth-order valence-corrected chi connectivity index (χ4v) is 3.63. The molecule has 0 aromatic carbocycles. The third kappa shape index (κ3) is 6.65. The number of rotatable bonds is 9. The molecule has 4 unspecified atom stereocenters. The summed E-state index contributed by atoms with van der Waals surface area (Å²) in [5.41, 5.74) is 0. The molecule has 0 saturated heterocycles. The second-order valence-corrected chi connectivity index (χ2v) is 6.51. The molecule has 3 N–H and O–H groups in total. The molecule has 0 aliphatic rings. The molecule has 0 amide bonds. The van der Waals surface area contributed by atoms with Crippen LogP contribution in [0.2, 0.25) is 0 Å². The number of carbonyl (C=O) groups is 2. The second kappa shape index (κ2) is 9.78. The van der Waals surface area contributed by atoms with Gasteiger partial charge >= 0.3 is 41.5 Å². The summed E-state index contributed by atoms with van der Waals surface area (Å²) in [6.07, 6.45) is 1.74. The van der Waals surface area contributed by atoms with Crippen LogP contribution in [0.3, 0.4) is 0 Å². The Kier molecular flexibility index (Phi) is 10.8. The molecule has 0 bridgehead atoms. The van der Waals surface area contributed by atoms with Crippen LogP contribution in [0.5, 0.6) is 0 Å². The number of carboxylic acids is 2. The molecule has 0 aromatic rings. The molecule has 21 heavy (non-hydrogen) atoms. The molecular weight excluding hydrogens is 311 g/mol. The van der Waals surface area contributed by atoms with Crippen LogP contribution in [0, 0.1) is 17.8 Å². The predicted octanol–water partition coefficient (Wildman–Crippen LogP) is 0.842. The van der Waals surface area contributed by atoms with E-state index in [0.717, 1.165) is 6.42 Å². The van der Waals surface area contributed by atoms with Gasteiger partial charge in [-0.05, 0) is 11.8 Å². The van der Waals surface area contributed by atoms with Gasteiger partial charge in [-0.15, -0.1) is 0 Å². The zero-order valence-corrected chi connectivity index (χ0v) is 12.6. The van der Waals surface area contributed by atoms with E-state index in [-0.39, 0.29) is 35.5 Å². The molecule has 9 heteroatoms. The van der Waals surface area contributed by atoms with Crippen molar-refractivity contribution in [1.29, 1.82) is 0 Å². The maximum atomic E-state index is 11.4. The number of hydrogen-bond donors (Lipinski definition) is 3. The fourth-order valence-electron chi connectivity index (χ4n) is 2.68. The van der Waals surface area contributed by atoms with E-state index < -0.39 is 39.1 Å². The van der Waals surface area contributed by atoms with Crippen molar-refractivity contribution in [1.82, 2.24) is 0 Å². The van der Waals surface area contributed by atoms with E-state index in [4.69, 9.17) is 9.66 Å². The van der Waals surface area contributed by atoms with Crippen LogP contribution in [0.1, 0.15) is 40.0 Å². The van der Waals surface area contributed by atoms with E-state index >= 15 is 0 Å². The summed E-state index contributed by atoms with van der Waals surface area (Å²) < 4.78 is 31.5. The van der Waals surface area contributed by atoms with E-state index in [1.807, 2.05) is 6.92 Å². The second-order valence-electron chi connectivity index (χ2n) is 4.98. The third-order valence-electron chi connectivity index (χ3n) is 3.58. The first-order valence-electron chi connectivity index (χ1n) is 6.49. The Morgan fingerprint density at radius 2 is 1.57 bits per heavy atom. The molecule has 120 valence electrons. The summed E-state index contributed by atoms with van der Waals surface area (Å²) in [6.45, 7) is 5.34. The molecule has 0 radical (unpaired) electrons. The Balaban J connectivity index is 0. The van der Waals surface area contributed by atoms with E-state index in [1.165, 1.54) is 0 Å². The van der Waals surface area contributed by atoms with Crippen molar-refractivity contribution < 1.29 is 32.8 Å². The summed E-state index contributed by atoms with van der Waals surface area (Å²) in [5.74, 6) is -5.84. The van der Waals surface area contributed by atoms with Gasteiger partial charge in [0.1, 0.15) is 0 Å². The first-order valence-corrected chi connectivity index (χ1v) is 8.00. The summed E-state index contributed by atoms with van der Waals surface area (Å²) in [4.78, 5) is 22.5. The van der Waals surface area contributed by atoms with Crippen LogP contribution in [0.4, 0.5) is 0 Å². The van der Waals surface area contributed by atoms with Crippen LogP contribution in [-0.2, 0) is 19.7 Å². The number of carboxylic acid groups (broad SMARTS) is 2. The Morgan fingerprint density at radius 1 is 1.10 bits per heavy atom. The van der Waals surface area contributed by atoms with Crippen LogP contribution < -0.4 is 0 Å². The molecule has 7 nitrogen and oxygen atoms in total. The molecule has 0 aromatic heterocycles. The predicted molar refractivity (Wildman–Crippen MR) is 79.1 cm³/mol. The Labute approximate surface area is 147 Å². The molecule has 0 fully saturated rings.